The number of hydrogen-bond donors (Lipinski definition) is 2. The molecule has 0 spiro atoms. The standard InChI is InChI=1S/C23H23N3O6/c27-21(16-10-12-26(13-11-16)23(29)20-7-4-14-30-20)24-25-22(28)19-9-8-18(32-19)15-31-17-5-2-1-3-6-17/h1-9,14,16H,10-13,15H2,(H,24,27)(H,25,28). The van der Waals surface area contributed by atoms with Crippen LogP contribution in [-0.2, 0) is 11.4 Å². The van der Waals surface area contributed by atoms with E-state index in [1.54, 1.807) is 23.1 Å². The van der Waals surface area contributed by atoms with Crippen molar-refractivity contribution in [3.8, 4) is 5.75 Å². The lowest BCUT2D eigenvalue weighted by Gasteiger charge is -2.30. The number of nitrogens with zero attached hydrogens (tertiary/aromatic N) is 1. The molecule has 1 fully saturated rings. The summed E-state index contributed by atoms with van der Waals surface area (Å²) in [6.45, 7) is 1.06. The van der Waals surface area contributed by atoms with Crippen LogP contribution in [0, 0.1) is 5.92 Å². The van der Waals surface area contributed by atoms with Crippen molar-refractivity contribution in [1.29, 1.82) is 0 Å². The van der Waals surface area contributed by atoms with Crippen molar-refractivity contribution in [2.45, 2.75) is 19.4 Å². The van der Waals surface area contributed by atoms with E-state index >= 15 is 0 Å². The van der Waals surface area contributed by atoms with Crippen molar-refractivity contribution in [3.63, 3.8) is 0 Å². The summed E-state index contributed by atoms with van der Waals surface area (Å²) in [5, 5.41) is 0. The van der Waals surface area contributed by atoms with Gasteiger partial charge in [0, 0.05) is 19.0 Å². The molecular formula is C23H23N3O6. The summed E-state index contributed by atoms with van der Waals surface area (Å²) < 4.78 is 16.2. The molecule has 9 nitrogen and oxygen atoms in total. The third-order valence-electron chi connectivity index (χ3n) is 5.19. The maximum Gasteiger partial charge on any atom is 0.305 e. The summed E-state index contributed by atoms with van der Waals surface area (Å²) in [6, 6.07) is 15.7. The van der Waals surface area contributed by atoms with E-state index in [0.29, 0.717) is 37.4 Å². The van der Waals surface area contributed by atoms with Gasteiger partial charge in [0.2, 0.25) is 5.91 Å². The lowest BCUT2D eigenvalue weighted by Crippen LogP contribution is -2.48. The highest BCUT2D eigenvalue weighted by molar-refractivity contribution is 5.93. The average Bonchev–Trinajstić information content (AvgIpc) is 3.54. The first-order valence-corrected chi connectivity index (χ1v) is 10.3. The van der Waals surface area contributed by atoms with E-state index < -0.39 is 5.91 Å². The number of ether oxygens (including phenoxy) is 1. The Morgan fingerprint density at radius 3 is 2.44 bits per heavy atom. The summed E-state index contributed by atoms with van der Waals surface area (Å²) in [7, 11) is 0. The smallest absolute Gasteiger partial charge is 0.305 e. The van der Waals surface area contributed by atoms with Crippen molar-refractivity contribution in [2.75, 3.05) is 13.1 Å². The van der Waals surface area contributed by atoms with E-state index in [-0.39, 0.29) is 35.9 Å². The molecule has 1 saturated heterocycles. The number of benzene rings is 1. The van der Waals surface area contributed by atoms with Gasteiger partial charge in [-0.15, -0.1) is 0 Å². The maximum absolute atomic E-state index is 12.4. The second-order valence-corrected chi connectivity index (χ2v) is 7.35. The first-order chi connectivity index (χ1) is 15.6. The normalized spacial score (nSPS) is 14.1. The van der Waals surface area contributed by atoms with Crippen molar-refractivity contribution in [2.24, 2.45) is 5.92 Å². The van der Waals surface area contributed by atoms with Gasteiger partial charge in [0.25, 0.3) is 5.91 Å². The minimum atomic E-state index is -0.560. The first-order valence-electron chi connectivity index (χ1n) is 10.3. The van der Waals surface area contributed by atoms with Crippen molar-refractivity contribution in [3.05, 3.63) is 78.1 Å². The van der Waals surface area contributed by atoms with Crippen molar-refractivity contribution >= 4 is 17.7 Å². The Hall–Kier alpha value is -4.01. The molecule has 2 N–H and O–H groups in total. The van der Waals surface area contributed by atoms with Gasteiger partial charge in [0.1, 0.15) is 18.1 Å². The highest BCUT2D eigenvalue weighted by atomic mass is 16.5. The van der Waals surface area contributed by atoms with Crippen LogP contribution in [0.15, 0.2) is 69.7 Å². The van der Waals surface area contributed by atoms with Crippen LogP contribution in [-0.4, -0.2) is 35.7 Å². The number of piperidine rings is 1. The average molecular weight is 437 g/mol. The topological polar surface area (TPSA) is 114 Å². The number of rotatable bonds is 6. The molecule has 0 unspecified atom stereocenters. The molecular weight excluding hydrogens is 414 g/mol. The van der Waals surface area contributed by atoms with E-state index in [0.717, 1.165) is 0 Å². The zero-order valence-electron chi connectivity index (χ0n) is 17.3. The molecule has 0 saturated carbocycles. The number of likely N-dealkylation sites (tertiary alicyclic amines) is 1. The number of hydrogen-bond acceptors (Lipinski definition) is 6. The van der Waals surface area contributed by atoms with Crippen LogP contribution in [0.2, 0.25) is 0 Å². The molecule has 2 aromatic heterocycles. The molecule has 9 heteroatoms. The molecule has 1 aromatic carbocycles. The first kappa shape index (κ1) is 21.2. The van der Waals surface area contributed by atoms with Gasteiger partial charge in [-0.05, 0) is 49.2 Å². The summed E-state index contributed by atoms with van der Waals surface area (Å²) in [5.74, 6) is 0.174. The van der Waals surface area contributed by atoms with Gasteiger partial charge < -0.3 is 18.5 Å². The Morgan fingerprint density at radius 1 is 0.938 bits per heavy atom. The fourth-order valence-corrected chi connectivity index (χ4v) is 3.43. The molecule has 166 valence electrons. The van der Waals surface area contributed by atoms with Crippen molar-refractivity contribution in [1.82, 2.24) is 15.8 Å². The third-order valence-corrected chi connectivity index (χ3v) is 5.19. The summed E-state index contributed by atoms with van der Waals surface area (Å²) in [4.78, 5) is 38.6. The second-order valence-electron chi connectivity index (χ2n) is 7.35. The van der Waals surface area contributed by atoms with E-state index in [1.165, 1.54) is 12.3 Å². The van der Waals surface area contributed by atoms with Crippen LogP contribution in [0.1, 0.15) is 39.7 Å². The number of carbonyl (C=O) groups excluding carboxylic acids is 3. The van der Waals surface area contributed by atoms with Crippen LogP contribution in [0.25, 0.3) is 0 Å². The second kappa shape index (κ2) is 9.86. The predicted molar refractivity (Wildman–Crippen MR) is 112 cm³/mol. The molecule has 0 radical (unpaired) electrons. The molecule has 1 aliphatic rings. The number of furan rings is 2. The van der Waals surface area contributed by atoms with Gasteiger partial charge in [-0.1, -0.05) is 18.2 Å². The lowest BCUT2D eigenvalue weighted by atomic mass is 9.96. The quantitative estimate of drug-likeness (QED) is 0.573. The Balaban J connectivity index is 1.20. The fraction of sp³-hybridized carbons (Fsp3) is 0.261. The minimum absolute atomic E-state index is 0.0656. The van der Waals surface area contributed by atoms with E-state index in [1.807, 2.05) is 30.3 Å². The van der Waals surface area contributed by atoms with E-state index in [9.17, 15) is 14.4 Å². The zero-order valence-corrected chi connectivity index (χ0v) is 17.3. The van der Waals surface area contributed by atoms with Gasteiger partial charge in [0.15, 0.2) is 11.5 Å². The molecule has 3 heterocycles. The number of hydrazine groups is 1. The largest absolute Gasteiger partial charge is 0.486 e. The molecule has 0 bridgehead atoms. The number of carbonyl (C=O) groups is 3. The third kappa shape index (κ3) is 5.18. The van der Waals surface area contributed by atoms with Gasteiger partial charge in [0.05, 0.1) is 6.26 Å². The van der Waals surface area contributed by atoms with Crippen LogP contribution in [0.4, 0.5) is 0 Å². The molecule has 1 aliphatic heterocycles. The fourth-order valence-electron chi connectivity index (χ4n) is 3.43. The lowest BCUT2D eigenvalue weighted by molar-refractivity contribution is -0.127. The molecule has 0 aliphatic carbocycles. The highest BCUT2D eigenvalue weighted by Crippen LogP contribution is 2.19. The monoisotopic (exact) mass is 437 g/mol. The van der Waals surface area contributed by atoms with Gasteiger partial charge in [-0.3, -0.25) is 25.2 Å². The molecule has 0 atom stereocenters. The Labute approximate surface area is 184 Å². The van der Waals surface area contributed by atoms with Crippen LogP contribution in [0.3, 0.4) is 0 Å². The van der Waals surface area contributed by atoms with Gasteiger partial charge >= 0.3 is 5.91 Å². The molecule has 32 heavy (non-hydrogen) atoms. The SMILES string of the molecule is O=C(NNC(=O)C1CCN(C(=O)c2ccco2)CC1)c1ccc(COc2ccccc2)o1. The maximum atomic E-state index is 12.4. The van der Waals surface area contributed by atoms with Gasteiger partial charge in [-0.25, -0.2) is 0 Å². The Bertz CT molecular complexity index is 1050. The predicted octanol–water partition coefficient (Wildman–Crippen LogP) is 2.77. The van der Waals surface area contributed by atoms with Crippen LogP contribution < -0.4 is 15.6 Å². The minimum Gasteiger partial charge on any atom is -0.486 e. The van der Waals surface area contributed by atoms with E-state index in [2.05, 4.69) is 10.9 Å². The van der Waals surface area contributed by atoms with Gasteiger partial charge in [-0.2, -0.15) is 0 Å². The Morgan fingerprint density at radius 2 is 1.72 bits per heavy atom. The van der Waals surface area contributed by atoms with Crippen LogP contribution >= 0.6 is 0 Å². The number of nitrogens with one attached hydrogen (secondary N) is 2. The molecule has 4 rings (SSSR count). The van der Waals surface area contributed by atoms with E-state index in [4.69, 9.17) is 13.6 Å². The zero-order chi connectivity index (χ0) is 22.3. The summed E-state index contributed by atoms with van der Waals surface area (Å²) >= 11 is 0. The number of para-hydroxylation sites is 1. The van der Waals surface area contributed by atoms with Crippen LogP contribution in [0.5, 0.6) is 5.75 Å². The Kier molecular flexibility index (Phi) is 6.54. The molecule has 3 aromatic rings. The van der Waals surface area contributed by atoms with Crippen molar-refractivity contribution < 1.29 is 28.0 Å². The highest BCUT2D eigenvalue weighted by Gasteiger charge is 2.29. The summed E-state index contributed by atoms with van der Waals surface area (Å²) in [6.07, 6.45) is 2.44. The number of amides is 3. The molecule has 3 amide bonds. The summed E-state index contributed by atoms with van der Waals surface area (Å²) in [5.41, 5.74) is 4.81.